The number of anilines is 1. The number of hydrogen-bond acceptors (Lipinski definition) is 2. The van der Waals surface area contributed by atoms with Crippen LogP contribution in [0, 0.1) is 5.82 Å². The molecule has 0 saturated heterocycles. The SMILES string of the molecule is CCCCC(=O)Nc1cc(F)c2[nH]c(=O)ccc2c1. The van der Waals surface area contributed by atoms with E-state index >= 15 is 0 Å². The molecule has 0 aliphatic carbocycles. The van der Waals surface area contributed by atoms with Gasteiger partial charge in [-0.15, -0.1) is 0 Å². The summed E-state index contributed by atoms with van der Waals surface area (Å²) >= 11 is 0. The molecule has 100 valence electrons. The molecule has 2 aromatic rings. The molecule has 2 N–H and O–H groups in total. The number of unbranched alkanes of at least 4 members (excludes halogenated alkanes) is 1. The van der Waals surface area contributed by atoms with E-state index in [1.807, 2.05) is 6.92 Å². The number of aromatic amines is 1. The average molecular weight is 262 g/mol. The molecule has 0 saturated carbocycles. The monoisotopic (exact) mass is 262 g/mol. The standard InChI is InChI=1S/C14H15FN2O2/c1-2-3-4-12(18)16-10-7-9-5-6-13(19)17-14(9)11(15)8-10/h5-8H,2-4H2,1H3,(H,16,18)(H,17,19). The smallest absolute Gasteiger partial charge is 0.248 e. The van der Waals surface area contributed by atoms with E-state index in [0.717, 1.165) is 12.8 Å². The van der Waals surface area contributed by atoms with Gasteiger partial charge in [-0.1, -0.05) is 13.3 Å². The van der Waals surface area contributed by atoms with Gasteiger partial charge in [0.1, 0.15) is 5.82 Å². The van der Waals surface area contributed by atoms with Crippen LogP contribution in [0.25, 0.3) is 10.9 Å². The number of nitrogens with one attached hydrogen (secondary N) is 2. The minimum Gasteiger partial charge on any atom is -0.326 e. The summed E-state index contributed by atoms with van der Waals surface area (Å²) < 4.78 is 13.8. The van der Waals surface area contributed by atoms with Crippen LogP contribution < -0.4 is 10.9 Å². The summed E-state index contributed by atoms with van der Waals surface area (Å²) in [5.41, 5.74) is 0.198. The molecule has 1 aromatic heterocycles. The fourth-order valence-electron chi connectivity index (χ4n) is 1.85. The summed E-state index contributed by atoms with van der Waals surface area (Å²) in [5.74, 6) is -0.689. The second-order valence-corrected chi connectivity index (χ2v) is 4.40. The summed E-state index contributed by atoms with van der Waals surface area (Å²) in [6, 6.07) is 5.70. The van der Waals surface area contributed by atoms with Crippen LogP contribution in [0.4, 0.5) is 10.1 Å². The Labute approximate surface area is 109 Å². The average Bonchev–Trinajstić information content (AvgIpc) is 2.37. The van der Waals surface area contributed by atoms with E-state index in [4.69, 9.17) is 0 Å². The van der Waals surface area contributed by atoms with Crippen LogP contribution in [0.2, 0.25) is 0 Å². The van der Waals surface area contributed by atoms with Crippen LogP contribution >= 0.6 is 0 Å². The molecule has 0 fully saturated rings. The van der Waals surface area contributed by atoms with E-state index < -0.39 is 5.82 Å². The maximum atomic E-state index is 13.8. The Hall–Kier alpha value is -2.17. The third-order valence-corrected chi connectivity index (χ3v) is 2.82. The highest BCUT2D eigenvalue weighted by Gasteiger charge is 2.07. The molecule has 0 radical (unpaired) electrons. The van der Waals surface area contributed by atoms with Crippen LogP contribution in [0.15, 0.2) is 29.1 Å². The van der Waals surface area contributed by atoms with E-state index in [9.17, 15) is 14.0 Å². The number of carbonyl (C=O) groups is 1. The number of H-pyrrole nitrogens is 1. The van der Waals surface area contributed by atoms with Crippen molar-refractivity contribution < 1.29 is 9.18 Å². The molecule has 0 atom stereocenters. The zero-order valence-corrected chi connectivity index (χ0v) is 10.6. The van der Waals surface area contributed by atoms with Crippen molar-refractivity contribution in [3.63, 3.8) is 0 Å². The number of halogens is 1. The van der Waals surface area contributed by atoms with Gasteiger partial charge in [-0.05, 0) is 24.6 Å². The zero-order valence-electron chi connectivity index (χ0n) is 10.6. The summed E-state index contributed by atoms with van der Waals surface area (Å²) in [6.07, 6.45) is 2.15. The van der Waals surface area contributed by atoms with Crippen LogP contribution in [0.1, 0.15) is 26.2 Å². The van der Waals surface area contributed by atoms with Gasteiger partial charge in [0, 0.05) is 23.6 Å². The fourth-order valence-corrected chi connectivity index (χ4v) is 1.85. The predicted molar refractivity (Wildman–Crippen MR) is 72.7 cm³/mol. The van der Waals surface area contributed by atoms with Gasteiger partial charge in [-0.3, -0.25) is 9.59 Å². The van der Waals surface area contributed by atoms with E-state index in [1.165, 1.54) is 18.2 Å². The van der Waals surface area contributed by atoms with Crippen molar-refractivity contribution in [2.75, 3.05) is 5.32 Å². The first-order chi connectivity index (χ1) is 9.10. The summed E-state index contributed by atoms with van der Waals surface area (Å²) in [7, 11) is 0. The Balaban J connectivity index is 2.28. The molecule has 1 heterocycles. The van der Waals surface area contributed by atoms with Crippen molar-refractivity contribution in [2.24, 2.45) is 0 Å². The Bertz CT molecular complexity index is 664. The minimum absolute atomic E-state index is 0.134. The Kier molecular flexibility index (Phi) is 3.94. The van der Waals surface area contributed by atoms with Gasteiger partial charge in [0.05, 0.1) is 5.52 Å². The fraction of sp³-hybridized carbons (Fsp3) is 0.286. The molecular weight excluding hydrogens is 247 g/mol. The Morgan fingerprint density at radius 2 is 2.16 bits per heavy atom. The third kappa shape index (κ3) is 3.19. The summed E-state index contributed by atoms with van der Waals surface area (Å²) in [4.78, 5) is 25.1. The minimum atomic E-state index is -0.555. The molecule has 1 amide bonds. The number of amides is 1. The quantitative estimate of drug-likeness (QED) is 0.890. The molecule has 2 rings (SSSR count). The number of aromatic nitrogens is 1. The molecule has 0 spiro atoms. The van der Waals surface area contributed by atoms with Gasteiger partial charge in [-0.2, -0.15) is 0 Å². The molecule has 1 aromatic carbocycles. The maximum absolute atomic E-state index is 13.8. The van der Waals surface area contributed by atoms with E-state index in [2.05, 4.69) is 10.3 Å². The van der Waals surface area contributed by atoms with Crippen molar-refractivity contribution in [1.29, 1.82) is 0 Å². The molecule has 4 nitrogen and oxygen atoms in total. The lowest BCUT2D eigenvalue weighted by Crippen LogP contribution is -2.11. The highest BCUT2D eigenvalue weighted by Crippen LogP contribution is 2.20. The largest absolute Gasteiger partial charge is 0.326 e. The molecule has 0 aliphatic heterocycles. The van der Waals surface area contributed by atoms with E-state index in [-0.39, 0.29) is 17.0 Å². The van der Waals surface area contributed by atoms with Gasteiger partial charge in [-0.25, -0.2) is 4.39 Å². The number of rotatable bonds is 4. The first-order valence-electron chi connectivity index (χ1n) is 6.22. The van der Waals surface area contributed by atoms with Gasteiger partial charge in [0.25, 0.3) is 0 Å². The van der Waals surface area contributed by atoms with Crippen LogP contribution in [0.5, 0.6) is 0 Å². The first-order valence-corrected chi connectivity index (χ1v) is 6.22. The maximum Gasteiger partial charge on any atom is 0.248 e. The third-order valence-electron chi connectivity index (χ3n) is 2.82. The second-order valence-electron chi connectivity index (χ2n) is 4.40. The lowest BCUT2D eigenvalue weighted by Gasteiger charge is -2.07. The van der Waals surface area contributed by atoms with E-state index in [0.29, 0.717) is 17.5 Å². The predicted octanol–water partition coefficient (Wildman–Crippen LogP) is 2.80. The van der Waals surface area contributed by atoms with Gasteiger partial charge in [0.2, 0.25) is 11.5 Å². The Morgan fingerprint density at radius 3 is 2.89 bits per heavy atom. The molecule has 19 heavy (non-hydrogen) atoms. The molecule has 5 heteroatoms. The highest BCUT2D eigenvalue weighted by atomic mass is 19.1. The molecule has 0 aliphatic rings. The molecule has 0 unspecified atom stereocenters. The molecule has 0 bridgehead atoms. The summed E-state index contributed by atoms with van der Waals surface area (Å²) in [5, 5.41) is 3.20. The number of carbonyl (C=O) groups excluding carboxylic acids is 1. The van der Waals surface area contributed by atoms with Crippen LogP contribution in [-0.2, 0) is 4.79 Å². The van der Waals surface area contributed by atoms with Gasteiger partial charge >= 0.3 is 0 Å². The number of hydrogen-bond donors (Lipinski definition) is 2. The summed E-state index contributed by atoms with van der Waals surface area (Å²) in [6.45, 7) is 2.00. The van der Waals surface area contributed by atoms with Gasteiger partial charge in [0.15, 0.2) is 0 Å². The number of fused-ring (bicyclic) bond motifs is 1. The van der Waals surface area contributed by atoms with E-state index in [1.54, 1.807) is 6.07 Å². The van der Waals surface area contributed by atoms with Crippen molar-refractivity contribution in [3.8, 4) is 0 Å². The van der Waals surface area contributed by atoms with Crippen LogP contribution in [-0.4, -0.2) is 10.9 Å². The van der Waals surface area contributed by atoms with Crippen molar-refractivity contribution in [3.05, 3.63) is 40.4 Å². The lowest BCUT2D eigenvalue weighted by atomic mass is 10.2. The Morgan fingerprint density at radius 1 is 1.37 bits per heavy atom. The van der Waals surface area contributed by atoms with Crippen molar-refractivity contribution >= 4 is 22.5 Å². The highest BCUT2D eigenvalue weighted by molar-refractivity contribution is 5.93. The lowest BCUT2D eigenvalue weighted by molar-refractivity contribution is -0.116. The second kappa shape index (κ2) is 5.65. The zero-order chi connectivity index (χ0) is 13.8. The number of pyridine rings is 1. The first kappa shape index (κ1) is 13.3. The van der Waals surface area contributed by atoms with Crippen LogP contribution in [0.3, 0.4) is 0 Å². The van der Waals surface area contributed by atoms with Crippen molar-refractivity contribution in [2.45, 2.75) is 26.2 Å². The normalized spacial score (nSPS) is 10.6. The topological polar surface area (TPSA) is 62.0 Å². The molecular formula is C14H15FN2O2. The van der Waals surface area contributed by atoms with Crippen molar-refractivity contribution in [1.82, 2.24) is 4.98 Å². The van der Waals surface area contributed by atoms with Gasteiger partial charge < -0.3 is 10.3 Å². The number of benzene rings is 1.